The Kier molecular flexibility index (Phi) is 5.57. The summed E-state index contributed by atoms with van der Waals surface area (Å²) in [5, 5.41) is 0. The molecule has 2 saturated heterocycles. The summed E-state index contributed by atoms with van der Waals surface area (Å²) in [4.78, 5) is 22.0. The zero-order valence-corrected chi connectivity index (χ0v) is 19.1. The van der Waals surface area contributed by atoms with Gasteiger partial charge < -0.3 is 24.5 Å². The van der Waals surface area contributed by atoms with E-state index in [-0.39, 0.29) is 0 Å². The zero-order chi connectivity index (χ0) is 23.1. The maximum absolute atomic E-state index is 12.4. The Labute approximate surface area is 198 Å². The van der Waals surface area contributed by atoms with E-state index in [0.29, 0.717) is 23.4 Å². The second-order valence-corrected chi connectivity index (χ2v) is 9.02. The van der Waals surface area contributed by atoms with E-state index in [1.807, 2.05) is 12.1 Å². The molecule has 8 nitrogen and oxygen atoms in total. The van der Waals surface area contributed by atoms with Gasteiger partial charge in [0.25, 0.3) is 0 Å². The monoisotopic (exact) mass is 460 g/mol. The van der Waals surface area contributed by atoms with Crippen LogP contribution < -0.4 is 10.6 Å². The van der Waals surface area contributed by atoms with E-state index in [9.17, 15) is 4.79 Å². The number of aromatic nitrogens is 1. The van der Waals surface area contributed by atoms with Crippen molar-refractivity contribution in [1.29, 1.82) is 0 Å². The van der Waals surface area contributed by atoms with Crippen LogP contribution in [0.5, 0.6) is 0 Å². The second kappa shape index (κ2) is 8.87. The number of benzene rings is 1. The number of carbonyl (C=O) groups excluding carboxylic acids is 1. The van der Waals surface area contributed by atoms with Crippen LogP contribution in [0.3, 0.4) is 0 Å². The van der Waals surface area contributed by atoms with Crippen LogP contribution in [0, 0.1) is 0 Å². The molecular weight excluding hydrogens is 432 g/mol. The molecule has 3 aliphatic rings. The van der Waals surface area contributed by atoms with Gasteiger partial charge in [0.15, 0.2) is 5.76 Å². The first kappa shape index (κ1) is 21.3. The minimum absolute atomic E-state index is 0.443. The molecule has 1 aliphatic carbocycles. The van der Waals surface area contributed by atoms with Crippen LogP contribution >= 0.6 is 0 Å². The fourth-order valence-corrected chi connectivity index (χ4v) is 5.07. The van der Waals surface area contributed by atoms with Crippen molar-refractivity contribution in [2.45, 2.75) is 13.0 Å². The zero-order valence-electron chi connectivity index (χ0n) is 19.1. The highest BCUT2D eigenvalue weighted by Gasteiger charge is 2.27. The van der Waals surface area contributed by atoms with Gasteiger partial charge in [-0.3, -0.25) is 9.69 Å². The predicted octanol–water partition coefficient (Wildman–Crippen LogP) is 2.68. The molecule has 176 valence electrons. The fraction of sp³-hybridized carbons (Fsp3) is 0.385. The molecule has 2 aromatic heterocycles. The topological polar surface area (TPSA) is 94.1 Å². The van der Waals surface area contributed by atoms with E-state index >= 15 is 0 Å². The van der Waals surface area contributed by atoms with Gasteiger partial charge in [0.1, 0.15) is 11.5 Å². The Hall–Kier alpha value is -3.20. The van der Waals surface area contributed by atoms with Gasteiger partial charge in [0.2, 0.25) is 5.91 Å². The number of furan rings is 1. The lowest BCUT2D eigenvalue weighted by molar-refractivity contribution is 0.0314. The Balaban J connectivity index is 1.32. The third-order valence-corrected chi connectivity index (χ3v) is 6.87. The predicted molar refractivity (Wildman–Crippen MR) is 128 cm³/mol. The lowest BCUT2D eigenvalue weighted by atomic mass is 10.0. The molecule has 1 amide bonds. The molecule has 4 heterocycles. The Morgan fingerprint density at radius 3 is 2.50 bits per heavy atom. The second-order valence-electron chi connectivity index (χ2n) is 9.02. The molecule has 0 unspecified atom stereocenters. The van der Waals surface area contributed by atoms with Crippen molar-refractivity contribution < 1.29 is 18.7 Å². The minimum Gasteiger partial charge on any atom is -0.458 e. The highest BCUT2D eigenvalue weighted by molar-refractivity contribution is 5.98. The van der Waals surface area contributed by atoms with Crippen molar-refractivity contribution in [2.24, 2.45) is 5.73 Å². The summed E-state index contributed by atoms with van der Waals surface area (Å²) in [6.07, 6.45) is 0.648. The summed E-state index contributed by atoms with van der Waals surface area (Å²) in [7, 11) is 0. The molecule has 2 N–H and O–H groups in total. The standard InChI is InChI=1S/C26H28N4O4/c27-26(31)22-15-23(24-4-2-19(34-24)16-29-5-9-32-10-6-29)28-25-20-3-1-18(13-17(20)14-21(22)25)30-7-11-33-12-8-30/h1-4,13,15H,5-12,14,16H2,(H2,27,31). The van der Waals surface area contributed by atoms with Crippen LogP contribution in [0.15, 0.2) is 40.8 Å². The van der Waals surface area contributed by atoms with Gasteiger partial charge in [-0.25, -0.2) is 4.98 Å². The number of rotatable bonds is 5. The summed E-state index contributed by atoms with van der Waals surface area (Å²) in [5.74, 6) is 1.07. The molecule has 8 heteroatoms. The average Bonchev–Trinajstić information content (AvgIpc) is 3.48. The number of amides is 1. The van der Waals surface area contributed by atoms with Gasteiger partial charge >= 0.3 is 0 Å². The number of primary amides is 1. The number of ether oxygens (including phenoxy) is 2. The van der Waals surface area contributed by atoms with E-state index in [2.05, 4.69) is 28.0 Å². The highest BCUT2D eigenvalue weighted by Crippen LogP contribution is 2.40. The van der Waals surface area contributed by atoms with Crippen LogP contribution in [-0.4, -0.2) is 68.4 Å². The third-order valence-electron chi connectivity index (χ3n) is 6.87. The van der Waals surface area contributed by atoms with Crippen molar-refractivity contribution in [3.63, 3.8) is 0 Å². The van der Waals surface area contributed by atoms with E-state index in [4.69, 9.17) is 24.6 Å². The number of nitrogens with zero attached hydrogens (tertiary/aromatic N) is 3. The van der Waals surface area contributed by atoms with Crippen molar-refractivity contribution in [2.75, 3.05) is 57.5 Å². The lowest BCUT2D eigenvalue weighted by Crippen LogP contribution is -2.36. The molecule has 2 fully saturated rings. The summed E-state index contributed by atoms with van der Waals surface area (Å²) in [5.41, 5.74) is 12.1. The first-order chi connectivity index (χ1) is 16.7. The van der Waals surface area contributed by atoms with Crippen molar-refractivity contribution in [3.8, 4) is 22.7 Å². The van der Waals surface area contributed by atoms with Crippen LogP contribution in [0.2, 0.25) is 0 Å². The Bertz CT molecular complexity index is 1230. The quantitative estimate of drug-likeness (QED) is 0.489. The smallest absolute Gasteiger partial charge is 0.249 e. The normalized spacial score (nSPS) is 18.1. The number of anilines is 1. The fourth-order valence-electron chi connectivity index (χ4n) is 5.07. The first-order valence-corrected chi connectivity index (χ1v) is 11.8. The van der Waals surface area contributed by atoms with E-state index in [1.165, 1.54) is 11.3 Å². The van der Waals surface area contributed by atoms with E-state index < -0.39 is 5.91 Å². The lowest BCUT2D eigenvalue weighted by Gasteiger charge is -2.29. The molecule has 2 aliphatic heterocycles. The van der Waals surface area contributed by atoms with Crippen LogP contribution in [0.4, 0.5) is 5.69 Å². The summed E-state index contributed by atoms with van der Waals surface area (Å²) < 4.78 is 17.0. The van der Waals surface area contributed by atoms with Crippen molar-refractivity contribution in [3.05, 3.63) is 58.8 Å². The van der Waals surface area contributed by atoms with Gasteiger partial charge in [0.05, 0.1) is 38.7 Å². The molecule has 34 heavy (non-hydrogen) atoms. The number of hydrogen-bond donors (Lipinski definition) is 1. The van der Waals surface area contributed by atoms with E-state index in [1.54, 1.807) is 6.07 Å². The molecule has 0 bridgehead atoms. The number of pyridine rings is 1. The maximum Gasteiger partial charge on any atom is 0.249 e. The number of nitrogens with two attached hydrogens (primary N) is 1. The number of carbonyl (C=O) groups is 1. The van der Waals surface area contributed by atoms with Gasteiger partial charge in [-0.05, 0) is 41.5 Å². The van der Waals surface area contributed by atoms with Crippen LogP contribution in [0.25, 0.3) is 22.7 Å². The highest BCUT2D eigenvalue weighted by atomic mass is 16.5. The summed E-state index contributed by atoms with van der Waals surface area (Å²) in [6.45, 7) is 7.24. The molecule has 0 saturated carbocycles. The maximum atomic E-state index is 12.4. The summed E-state index contributed by atoms with van der Waals surface area (Å²) in [6, 6.07) is 12.1. The molecule has 3 aromatic rings. The van der Waals surface area contributed by atoms with Gasteiger partial charge in [-0.15, -0.1) is 0 Å². The van der Waals surface area contributed by atoms with Gasteiger partial charge in [-0.2, -0.15) is 0 Å². The first-order valence-electron chi connectivity index (χ1n) is 11.8. The van der Waals surface area contributed by atoms with E-state index in [0.717, 1.165) is 81.7 Å². The molecule has 1 aromatic carbocycles. The largest absolute Gasteiger partial charge is 0.458 e. The number of hydrogen-bond acceptors (Lipinski definition) is 7. The Morgan fingerprint density at radius 1 is 0.971 bits per heavy atom. The third kappa shape index (κ3) is 3.98. The number of fused-ring (bicyclic) bond motifs is 3. The molecular formula is C26H28N4O4. The van der Waals surface area contributed by atoms with Gasteiger partial charge in [-0.1, -0.05) is 6.07 Å². The average molecular weight is 461 g/mol. The minimum atomic E-state index is -0.443. The van der Waals surface area contributed by atoms with Crippen LogP contribution in [-0.2, 0) is 22.4 Å². The Morgan fingerprint density at radius 2 is 1.74 bits per heavy atom. The number of morpholine rings is 2. The van der Waals surface area contributed by atoms with Crippen molar-refractivity contribution in [1.82, 2.24) is 9.88 Å². The van der Waals surface area contributed by atoms with Crippen LogP contribution in [0.1, 0.15) is 27.2 Å². The van der Waals surface area contributed by atoms with Crippen molar-refractivity contribution >= 4 is 11.6 Å². The molecule has 6 rings (SSSR count). The molecule has 0 radical (unpaired) electrons. The SMILES string of the molecule is NC(=O)c1cc(-c2ccc(CN3CCOCC3)o2)nc2c1Cc1cc(N3CCOCC3)ccc1-2. The summed E-state index contributed by atoms with van der Waals surface area (Å²) >= 11 is 0. The van der Waals surface area contributed by atoms with Gasteiger partial charge in [0, 0.05) is 49.4 Å². The molecule has 0 atom stereocenters. The molecule has 0 spiro atoms.